The average molecular weight is 356 g/mol. The number of rotatable bonds is 10. The molecule has 0 spiro atoms. The molecule has 0 saturated carbocycles. The van der Waals surface area contributed by atoms with Crippen LogP contribution in [-0.2, 0) is 4.79 Å². The van der Waals surface area contributed by atoms with E-state index in [2.05, 4.69) is 5.32 Å². The molecule has 24 heavy (non-hydrogen) atoms. The van der Waals surface area contributed by atoms with Gasteiger partial charge in [0.05, 0.1) is 0 Å². The van der Waals surface area contributed by atoms with Crippen LogP contribution in [0.2, 0.25) is 0 Å². The van der Waals surface area contributed by atoms with Gasteiger partial charge in [0.2, 0.25) is 5.91 Å². The van der Waals surface area contributed by atoms with Crippen molar-refractivity contribution >= 4 is 29.9 Å². The predicted molar refractivity (Wildman–Crippen MR) is 102 cm³/mol. The number of carbonyl (C=O) groups excluding carboxylic acids is 2. The number of anilines is 1. The monoisotopic (exact) mass is 355 g/mol. The van der Waals surface area contributed by atoms with Crippen molar-refractivity contribution in [1.82, 2.24) is 4.90 Å². The summed E-state index contributed by atoms with van der Waals surface area (Å²) in [6, 6.07) is 7.13. The van der Waals surface area contributed by atoms with Crippen molar-refractivity contribution in [2.75, 3.05) is 25.0 Å². The zero-order valence-electron chi connectivity index (χ0n) is 14.7. The fourth-order valence-corrected chi connectivity index (χ4v) is 2.43. The van der Waals surface area contributed by atoms with Crippen molar-refractivity contribution < 1.29 is 9.59 Å². The molecule has 1 aromatic carbocycles. The van der Waals surface area contributed by atoms with E-state index < -0.39 is 0 Å². The first kappa shape index (κ1) is 22.4. The molecule has 0 saturated heterocycles. The smallest absolute Gasteiger partial charge is 0.253 e. The first-order chi connectivity index (χ1) is 11.1. The van der Waals surface area contributed by atoms with Crippen LogP contribution < -0.4 is 11.1 Å². The standard InChI is InChI=1S/C18H29N3O2.ClH/c1-3-21(4-2)18(23)15-10-9-11-16(14-15)20-17(22)12-7-5-6-8-13-19;/h9-11,14H,3-8,12-13,19H2,1-2H3,(H,20,22);1H. The van der Waals surface area contributed by atoms with Crippen molar-refractivity contribution in [3.05, 3.63) is 29.8 Å². The van der Waals surface area contributed by atoms with Gasteiger partial charge in [-0.05, 0) is 51.4 Å². The Hall–Kier alpha value is -1.59. The lowest BCUT2D eigenvalue weighted by Crippen LogP contribution is -2.30. The van der Waals surface area contributed by atoms with E-state index in [1.54, 1.807) is 23.1 Å². The molecule has 5 nitrogen and oxygen atoms in total. The van der Waals surface area contributed by atoms with Gasteiger partial charge in [-0.1, -0.05) is 18.9 Å². The second kappa shape index (κ2) is 12.8. The number of unbranched alkanes of at least 4 members (excludes halogenated alkanes) is 3. The van der Waals surface area contributed by atoms with Gasteiger partial charge in [-0.2, -0.15) is 0 Å². The van der Waals surface area contributed by atoms with Gasteiger partial charge in [0.25, 0.3) is 5.91 Å². The molecule has 0 aliphatic carbocycles. The van der Waals surface area contributed by atoms with Crippen LogP contribution in [0.5, 0.6) is 0 Å². The third kappa shape index (κ3) is 7.79. The van der Waals surface area contributed by atoms with Crippen molar-refractivity contribution in [1.29, 1.82) is 0 Å². The summed E-state index contributed by atoms with van der Waals surface area (Å²) < 4.78 is 0. The van der Waals surface area contributed by atoms with E-state index in [0.717, 1.165) is 25.7 Å². The first-order valence-electron chi connectivity index (χ1n) is 8.51. The number of halogens is 1. The normalized spacial score (nSPS) is 9.96. The molecule has 136 valence electrons. The Morgan fingerprint density at radius 2 is 1.75 bits per heavy atom. The van der Waals surface area contributed by atoms with Crippen LogP contribution in [0.25, 0.3) is 0 Å². The minimum absolute atomic E-state index is 0. The summed E-state index contributed by atoms with van der Waals surface area (Å²) in [7, 11) is 0. The summed E-state index contributed by atoms with van der Waals surface area (Å²) in [5, 5.41) is 2.87. The highest BCUT2D eigenvalue weighted by Gasteiger charge is 2.13. The quantitative estimate of drug-likeness (QED) is 0.631. The molecule has 6 heteroatoms. The highest BCUT2D eigenvalue weighted by atomic mass is 35.5. The minimum Gasteiger partial charge on any atom is -0.339 e. The summed E-state index contributed by atoms with van der Waals surface area (Å²) in [6.45, 7) is 5.97. The van der Waals surface area contributed by atoms with E-state index in [1.807, 2.05) is 19.9 Å². The van der Waals surface area contributed by atoms with Gasteiger partial charge >= 0.3 is 0 Å². The fraction of sp³-hybridized carbons (Fsp3) is 0.556. The Balaban J connectivity index is 0.00000529. The third-order valence-electron chi connectivity index (χ3n) is 3.80. The molecular formula is C18H30ClN3O2. The van der Waals surface area contributed by atoms with E-state index in [4.69, 9.17) is 5.73 Å². The van der Waals surface area contributed by atoms with Gasteiger partial charge in [-0.3, -0.25) is 9.59 Å². The zero-order chi connectivity index (χ0) is 17.1. The molecule has 3 N–H and O–H groups in total. The molecule has 0 fully saturated rings. The van der Waals surface area contributed by atoms with Crippen LogP contribution in [0.1, 0.15) is 56.3 Å². The van der Waals surface area contributed by atoms with Crippen LogP contribution in [0.15, 0.2) is 24.3 Å². The SMILES string of the molecule is CCN(CC)C(=O)c1cccc(NC(=O)CCCCCCN)c1.Cl. The number of hydrogen-bond acceptors (Lipinski definition) is 3. The summed E-state index contributed by atoms with van der Waals surface area (Å²) in [5.41, 5.74) is 6.72. The van der Waals surface area contributed by atoms with Crippen LogP contribution in [0, 0.1) is 0 Å². The van der Waals surface area contributed by atoms with Crippen LogP contribution in [-0.4, -0.2) is 36.3 Å². The third-order valence-corrected chi connectivity index (χ3v) is 3.80. The topological polar surface area (TPSA) is 75.4 Å². The van der Waals surface area contributed by atoms with Gasteiger partial charge < -0.3 is 16.0 Å². The van der Waals surface area contributed by atoms with E-state index in [0.29, 0.717) is 37.3 Å². The van der Waals surface area contributed by atoms with E-state index >= 15 is 0 Å². The highest BCUT2D eigenvalue weighted by molar-refractivity contribution is 5.97. The van der Waals surface area contributed by atoms with E-state index in [1.165, 1.54) is 0 Å². The van der Waals surface area contributed by atoms with Crippen LogP contribution in [0.4, 0.5) is 5.69 Å². The molecular weight excluding hydrogens is 326 g/mol. The maximum absolute atomic E-state index is 12.3. The predicted octanol–water partition coefficient (Wildman–Crippen LogP) is 3.44. The molecule has 1 rings (SSSR count). The average Bonchev–Trinajstić information content (AvgIpc) is 2.56. The Morgan fingerprint density at radius 1 is 1.08 bits per heavy atom. The highest BCUT2D eigenvalue weighted by Crippen LogP contribution is 2.14. The van der Waals surface area contributed by atoms with Crippen molar-refractivity contribution in [3.8, 4) is 0 Å². The number of nitrogens with one attached hydrogen (secondary N) is 1. The molecule has 0 heterocycles. The molecule has 0 bridgehead atoms. The number of carbonyl (C=O) groups is 2. The zero-order valence-corrected chi connectivity index (χ0v) is 15.5. The van der Waals surface area contributed by atoms with E-state index in [9.17, 15) is 9.59 Å². The number of nitrogens with zero attached hydrogens (tertiary/aromatic N) is 1. The summed E-state index contributed by atoms with van der Waals surface area (Å²) in [6.07, 6.45) is 4.46. The van der Waals surface area contributed by atoms with Gasteiger partial charge in [0.1, 0.15) is 0 Å². The summed E-state index contributed by atoms with van der Waals surface area (Å²) in [4.78, 5) is 26.0. The second-order valence-electron chi connectivity index (χ2n) is 5.56. The maximum atomic E-state index is 12.3. The van der Waals surface area contributed by atoms with Crippen LogP contribution in [0.3, 0.4) is 0 Å². The van der Waals surface area contributed by atoms with Gasteiger partial charge in [0.15, 0.2) is 0 Å². The Labute approximate surface area is 151 Å². The lowest BCUT2D eigenvalue weighted by molar-refractivity contribution is -0.116. The summed E-state index contributed by atoms with van der Waals surface area (Å²) in [5.74, 6) is -0.0157. The molecule has 2 amide bonds. The number of hydrogen-bond donors (Lipinski definition) is 2. The molecule has 0 unspecified atom stereocenters. The Morgan fingerprint density at radius 3 is 2.38 bits per heavy atom. The van der Waals surface area contributed by atoms with Crippen molar-refractivity contribution in [3.63, 3.8) is 0 Å². The Bertz CT molecular complexity index is 505. The fourth-order valence-electron chi connectivity index (χ4n) is 2.43. The van der Waals surface area contributed by atoms with E-state index in [-0.39, 0.29) is 24.2 Å². The van der Waals surface area contributed by atoms with Gasteiger partial charge in [-0.15, -0.1) is 12.4 Å². The summed E-state index contributed by atoms with van der Waals surface area (Å²) >= 11 is 0. The number of nitrogens with two attached hydrogens (primary N) is 1. The largest absolute Gasteiger partial charge is 0.339 e. The number of benzene rings is 1. The van der Waals surface area contributed by atoms with Crippen molar-refractivity contribution in [2.45, 2.75) is 46.0 Å². The van der Waals surface area contributed by atoms with Gasteiger partial charge in [0, 0.05) is 30.8 Å². The first-order valence-corrected chi connectivity index (χ1v) is 8.51. The minimum atomic E-state index is -0.00909. The maximum Gasteiger partial charge on any atom is 0.253 e. The second-order valence-corrected chi connectivity index (χ2v) is 5.56. The van der Waals surface area contributed by atoms with Gasteiger partial charge in [-0.25, -0.2) is 0 Å². The molecule has 0 aromatic heterocycles. The molecule has 1 aromatic rings. The molecule has 0 aliphatic heterocycles. The molecule has 0 aliphatic rings. The Kier molecular flexibility index (Phi) is 11.9. The molecule has 0 atom stereocenters. The van der Waals surface area contributed by atoms with Crippen LogP contribution >= 0.6 is 12.4 Å². The van der Waals surface area contributed by atoms with Crippen molar-refractivity contribution in [2.24, 2.45) is 5.73 Å². The lowest BCUT2D eigenvalue weighted by Gasteiger charge is -2.19. The number of amides is 2. The molecule has 0 radical (unpaired) electrons. The lowest BCUT2D eigenvalue weighted by atomic mass is 10.1.